The van der Waals surface area contributed by atoms with Crippen molar-refractivity contribution in [1.29, 1.82) is 0 Å². The van der Waals surface area contributed by atoms with E-state index >= 15 is 0 Å². The molecular weight excluding hydrogens is 236 g/mol. The van der Waals surface area contributed by atoms with Crippen LogP contribution < -0.4 is 0 Å². The molecule has 0 amide bonds. The number of ketones is 1. The molecule has 1 aliphatic carbocycles. The fraction of sp³-hybridized carbons (Fsp3) is 0.308. The van der Waals surface area contributed by atoms with Gasteiger partial charge in [-0.2, -0.15) is 0 Å². The molecule has 18 heavy (non-hydrogen) atoms. The summed E-state index contributed by atoms with van der Waals surface area (Å²) in [5.41, 5.74) is 0.954. The molecule has 0 bridgehead atoms. The van der Waals surface area contributed by atoms with E-state index < -0.39 is 17.9 Å². The van der Waals surface area contributed by atoms with Gasteiger partial charge in [-0.1, -0.05) is 12.2 Å². The average Bonchev–Trinajstić information content (AvgIpc) is 2.26. The van der Waals surface area contributed by atoms with E-state index in [2.05, 4.69) is 0 Å². The fourth-order valence-electron chi connectivity index (χ4n) is 1.53. The molecule has 0 radical (unpaired) electrons. The SMILES string of the molecule is CC(=O)OC=C1C=C(C(C)=O)C=CC1CC(=O)O. The number of carbonyl (C=O) groups is 3. The number of esters is 1. The van der Waals surface area contributed by atoms with E-state index in [0.717, 1.165) is 0 Å². The molecule has 0 aliphatic heterocycles. The summed E-state index contributed by atoms with van der Waals surface area (Å²) in [5.74, 6) is -1.99. The molecular formula is C13H14O5. The van der Waals surface area contributed by atoms with E-state index in [0.29, 0.717) is 11.1 Å². The molecule has 1 aliphatic rings. The van der Waals surface area contributed by atoms with Crippen LogP contribution in [0.4, 0.5) is 0 Å². The highest BCUT2D eigenvalue weighted by atomic mass is 16.5. The molecule has 1 unspecified atom stereocenters. The van der Waals surface area contributed by atoms with Crippen LogP contribution >= 0.6 is 0 Å². The van der Waals surface area contributed by atoms with Crippen molar-refractivity contribution >= 4 is 17.7 Å². The van der Waals surface area contributed by atoms with Crippen molar-refractivity contribution in [2.75, 3.05) is 0 Å². The minimum absolute atomic E-state index is 0.120. The second kappa shape index (κ2) is 5.95. The molecule has 0 spiro atoms. The maximum absolute atomic E-state index is 11.2. The fourth-order valence-corrected chi connectivity index (χ4v) is 1.53. The number of carbonyl (C=O) groups excluding carboxylic acids is 2. The zero-order chi connectivity index (χ0) is 13.7. The highest BCUT2D eigenvalue weighted by Gasteiger charge is 2.19. The van der Waals surface area contributed by atoms with Gasteiger partial charge in [-0.15, -0.1) is 0 Å². The molecule has 0 aromatic rings. The van der Waals surface area contributed by atoms with Crippen LogP contribution in [0.3, 0.4) is 0 Å². The molecule has 1 rings (SSSR count). The molecule has 0 heterocycles. The van der Waals surface area contributed by atoms with E-state index in [1.54, 1.807) is 18.2 Å². The van der Waals surface area contributed by atoms with E-state index in [1.165, 1.54) is 20.1 Å². The highest BCUT2D eigenvalue weighted by Crippen LogP contribution is 2.25. The Morgan fingerprint density at radius 1 is 1.39 bits per heavy atom. The summed E-state index contributed by atoms with van der Waals surface area (Å²) in [6, 6.07) is 0. The van der Waals surface area contributed by atoms with E-state index in [1.807, 2.05) is 0 Å². The Morgan fingerprint density at radius 3 is 2.56 bits per heavy atom. The largest absolute Gasteiger partial charge is 0.481 e. The Kier molecular flexibility index (Phi) is 4.59. The van der Waals surface area contributed by atoms with Gasteiger partial charge in [0.15, 0.2) is 5.78 Å². The summed E-state index contributed by atoms with van der Waals surface area (Å²) in [5, 5.41) is 8.78. The molecule has 5 nitrogen and oxygen atoms in total. The number of hydrogen-bond acceptors (Lipinski definition) is 4. The van der Waals surface area contributed by atoms with E-state index in [4.69, 9.17) is 9.84 Å². The van der Waals surface area contributed by atoms with Crippen molar-refractivity contribution in [2.45, 2.75) is 20.3 Å². The van der Waals surface area contributed by atoms with Crippen LogP contribution in [-0.4, -0.2) is 22.8 Å². The molecule has 5 heteroatoms. The van der Waals surface area contributed by atoms with Crippen LogP contribution in [-0.2, 0) is 19.1 Å². The van der Waals surface area contributed by atoms with Gasteiger partial charge in [-0.05, 0) is 18.6 Å². The predicted octanol–water partition coefficient (Wildman–Crippen LogP) is 1.61. The summed E-state index contributed by atoms with van der Waals surface area (Å²) < 4.78 is 4.74. The van der Waals surface area contributed by atoms with E-state index in [-0.39, 0.29) is 12.2 Å². The number of allylic oxidation sites excluding steroid dienone is 5. The van der Waals surface area contributed by atoms with Gasteiger partial charge >= 0.3 is 11.9 Å². The lowest BCUT2D eigenvalue weighted by molar-refractivity contribution is -0.137. The topological polar surface area (TPSA) is 80.7 Å². The first-order valence-electron chi connectivity index (χ1n) is 5.40. The van der Waals surface area contributed by atoms with Gasteiger partial charge in [0.1, 0.15) is 0 Å². The van der Waals surface area contributed by atoms with E-state index in [9.17, 15) is 14.4 Å². The molecule has 0 aromatic carbocycles. The lowest BCUT2D eigenvalue weighted by Crippen LogP contribution is -2.12. The van der Waals surface area contributed by atoms with Crippen molar-refractivity contribution in [3.8, 4) is 0 Å². The summed E-state index contributed by atoms with van der Waals surface area (Å²) in [6.07, 6.45) is 5.83. The predicted molar refractivity (Wildman–Crippen MR) is 63.5 cm³/mol. The van der Waals surface area contributed by atoms with Gasteiger partial charge in [0.2, 0.25) is 0 Å². The molecule has 1 N–H and O–H groups in total. The van der Waals surface area contributed by atoms with Gasteiger partial charge in [-0.25, -0.2) is 0 Å². The van der Waals surface area contributed by atoms with Gasteiger partial charge in [0, 0.05) is 18.4 Å². The van der Waals surface area contributed by atoms with Gasteiger partial charge in [0.25, 0.3) is 0 Å². The van der Waals surface area contributed by atoms with Crippen LogP contribution in [0.1, 0.15) is 20.3 Å². The van der Waals surface area contributed by atoms with Crippen LogP contribution in [0.5, 0.6) is 0 Å². The zero-order valence-corrected chi connectivity index (χ0v) is 10.2. The molecule has 0 fully saturated rings. The van der Waals surface area contributed by atoms with Gasteiger partial charge in [-0.3, -0.25) is 14.4 Å². The second-order valence-electron chi connectivity index (χ2n) is 3.95. The monoisotopic (exact) mass is 250 g/mol. The number of carboxylic acid groups (broad SMARTS) is 1. The van der Waals surface area contributed by atoms with Crippen molar-refractivity contribution in [2.24, 2.45) is 5.92 Å². The Balaban J connectivity index is 2.97. The second-order valence-corrected chi connectivity index (χ2v) is 3.95. The molecule has 0 saturated heterocycles. The number of Topliss-reactive ketones (excluding diaryl/α,β-unsaturated/α-hetero) is 1. The van der Waals surface area contributed by atoms with Crippen molar-refractivity contribution < 1.29 is 24.2 Å². The number of carboxylic acids is 1. The minimum Gasteiger partial charge on any atom is -0.481 e. The van der Waals surface area contributed by atoms with Crippen LogP contribution in [0.2, 0.25) is 0 Å². The zero-order valence-electron chi connectivity index (χ0n) is 10.2. The third-order valence-corrected chi connectivity index (χ3v) is 2.42. The molecule has 96 valence electrons. The summed E-state index contributed by atoms with van der Waals surface area (Å²) in [6.45, 7) is 2.66. The van der Waals surface area contributed by atoms with Gasteiger partial charge < -0.3 is 9.84 Å². The highest BCUT2D eigenvalue weighted by molar-refractivity contribution is 5.97. The maximum Gasteiger partial charge on any atom is 0.307 e. The number of hydrogen-bond donors (Lipinski definition) is 1. The lowest BCUT2D eigenvalue weighted by atomic mass is 9.88. The Hall–Kier alpha value is -2.17. The number of ether oxygens (including phenoxy) is 1. The molecule has 0 aromatic heterocycles. The molecule has 1 atom stereocenters. The van der Waals surface area contributed by atoms with Gasteiger partial charge in [0.05, 0.1) is 12.7 Å². The molecule has 0 saturated carbocycles. The third kappa shape index (κ3) is 4.01. The average molecular weight is 250 g/mol. The third-order valence-electron chi connectivity index (χ3n) is 2.42. The first-order chi connectivity index (χ1) is 8.40. The van der Waals surface area contributed by atoms with Crippen molar-refractivity contribution in [3.63, 3.8) is 0 Å². The smallest absolute Gasteiger partial charge is 0.307 e. The van der Waals surface area contributed by atoms with Crippen molar-refractivity contribution in [1.82, 2.24) is 0 Å². The lowest BCUT2D eigenvalue weighted by Gasteiger charge is -2.16. The summed E-state index contributed by atoms with van der Waals surface area (Å²) in [4.78, 5) is 32.7. The Morgan fingerprint density at radius 2 is 2.06 bits per heavy atom. The maximum atomic E-state index is 11.2. The summed E-state index contributed by atoms with van der Waals surface area (Å²) >= 11 is 0. The number of aliphatic carboxylic acids is 1. The van der Waals surface area contributed by atoms with Crippen LogP contribution in [0.25, 0.3) is 0 Å². The number of rotatable bonds is 4. The van der Waals surface area contributed by atoms with Crippen LogP contribution in [0.15, 0.2) is 35.6 Å². The first kappa shape index (κ1) is 13.9. The van der Waals surface area contributed by atoms with Crippen molar-refractivity contribution in [3.05, 3.63) is 35.6 Å². The quantitative estimate of drug-likeness (QED) is 0.605. The minimum atomic E-state index is -0.960. The Bertz CT molecular complexity index is 468. The first-order valence-corrected chi connectivity index (χ1v) is 5.40. The van der Waals surface area contributed by atoms with Crippen LogP contribution in [0, 0.1) is 5.92 Å². The normalized spacial score (nSPS) is 20.4. The Labute approximate surface area is 104 Å². The standard InChI is InChI=1S/C13H14O5/c1-8(14)10-3-4-11(6-13(16)17)12(5-10)7-18-9(2)15/h3-5,7,11H,6H2,1-2H3,(H,16,17). The summed E-state index contributed by atoms with van der Waals surface area (Å²) in [7, 11) is 0.